The molecule has 3 nitrogen and oxygen atoms in total. The van der Waals surface area contributed by atoms with Gasteiger partial charge in [-0.25, -0.2) is 0 Å². The molecule has 0 saturated carbocycles. The number of fused-ring (bicyclic) bond motifs is 1. The third-order valence-electron chi connectivity index (χ3n) is 6.03. The Labute approximate surface area is 170 Å². The molecule has 28 heavy (non-hydrogen) atoms. The predicted molar refractivity (Wildman–Crippen MR) is 115 cm³/mol. The maximum absolute atomic E-state index is 10.8. The van der Waals surface area contributed by atoms with Crippen molar-refractivity contribution in [3.8, 4) is 5.75 Å². The van der Waals surface area contributed by atoms with Gasteiger partial charge in [0.1, 0.15) is 5.75 Å². The number of hydrogen-bond donors (Lipinski definition) is 2. The minimum Gasteiger partial charge on any atom is -0.507 e. The minimum atomic E-state index is -0.165. The molecule has 4 heteroatoms. The first-order chi connectivity index (χ1) is 13.5. The molecule has 1 aliphatic heterocycles. The normalized spacial score (nSPS) is 22.6. The monoisotopic (exact) mass is 396 g/mol. The highest BCUT2D eigenvalue weighted by Crippen LogP contribution is 2.41. The first-order valence-corrected chi connectivity index (χ1v) is 10.8. The summed E-state index contributed by atoms with van der Waals surface area (Å²) in [5.74, 6) is 0.802. The third-order valence-corrected chi connectivity index (χ3v) is 7.15. The topological polar surface area (TPSA) is 49.7 Å². The second kappa shape index (κ2) is 7.86. The molecule has 0 radical (unpaired) electrons. The van der Waals surface area contributed by atoms with Crippen LogP contribution < -0.4 is 0 Å². The molecule has 0 spiro atoms. The number of aromatic hydroxyl groups is 1. The van der Waals surface area contributed by atoms with Crippen LogP contribution in [0.4, 0.5) is 0 Å². The van der Waals surface area contributed by atoms with Gasteiger partial charge in [-0.05, 0) is 72.9 Å². The summed E-state index contributed by atoms with van der Waals surface area (Å²) in [6.45, 7) is 6.29. The van der Waals surface area contributed by atoms with E-state index in [0.29, 0.717) is 11.7 Å². The summed E-state index contributed by atoms with van der Waals surface area (Å²) in [6, 6.07) is 12.9. The predicted octanol–water partition coefficient (Wildman–Crippen LogP) is 5.66. The van der Waals surface area contributed by atoms with Crippen molar-refractivity contribution in [3.05, 3.63) is 63.5 Å². The van der Waals surface area contributed by atoms with Crippen LogP contribution >= 0.6 is 11.3 Å². The minimum absolute atomic E-state index is 0.0289. The molecule has 0 unspecified atom stereocenters. The maximum atomic E-state index is 10.8. The summed E-state index contributed by atoms with van der Waals surface area (Å²) in [5.41, 5.74) is 4.17. The second-order valence-corrected chi connectivity index (χ2v) is 9.33. The lowest BCUT2D eigenvalue weighted by Crippen LogP contribution is -2.30. The van der Waals surface area contributed by atoms with Gasteiger partial charge in [-0.15, -0.1) is 11.3 Å². The van der Waals surface area contributed by atoms with Crippen molar-refractivity contribution in [1.82, 2.24) is 0 Å². The fourth-order valence-corrected chi connectivity index (χ4v) is 5.40. The van der Waals surface area contributed by atoms with Crippen LogP contribution in [0.5, 0.6) is 5.75 Å². The smallest absolute Gasteiger partial charge is 0.124 e. The van der Waals surface area contributed by atoms with Crippen LogP contribution in [0.1, 0.15) is 53.0 Å². The average molecular weight is 397 g/mol. The maximum Gasteiger partial charge on any atom is 0.124 e. The molecule has 3 atom stereocenters. The molecule has 0 aliphatic carbocycles. The summed E-state index contributed by atoms with van der Waals surface area (Å²) in [6.07, 6.45) is 2.27. The number of thiophene rings is 1. The molecule has 4 rings (SSSR count). The molecule has 148 valence electrons. The van der Waals surface area contributed by atoms with Gasteiger partial charge in [0.25, 0.3) is 0 Å². The van der Waals surface area contributed by atoms with Crippen molar-refractivity contribution in [2.24, 2.45) is 5.92 Å². The van der Waals surface area contributed by atoms with Crippen LogP contribution in [-0.2, 0) is 11.2 Å². The van der Waals surface area contributed by atoms with Crippen LogP contribution in [-0.4, -0.2) is 22.9 Å². The molecule has 1 fully saturated rings. The zero-order valence-electron chi connectivity index (χ0n) is 16.7. The van der Waals surface area contributed by atoms with Crippen LogP contribution in [0.15, 0.2) is 36.4 Å². The molecular weight excluding hydrogens is 368 g/mol. The molecule has 0 bridgehead atoms. The van der Waals surface area contributed by atoms with E-state index in [2.05, 4.69) is 50.2 Å². The molecule has 2 heterocycles. The quantitative estimate of drug-likeness (QED) is 0.598. The van der Waals surface area contributed by atoms with E-state index in [9.17, 15) is 10.2 Å². The highest BCUT2D eigenvalue weighted by atomic mass is 32.1. The van der Waals surface area contributed by atoms with Gasteiger partial charge in [0.15, 0.2) is 0 Å². The first kappa shape index (κ1) is 19.4. The summed E-state index contributed by atoms with van der Waals surface area (Å²) in [4.78, 5) is 1.33. The number of hydrogen-bond acceptors (Lipinski definition) is 4. The van der Waals surface area contributed by atoms with Crippen LogP contribution in [0, 0.1) is 19.8 Å². The van der Waals surface area contributed by atoms with Crippen LogP contribution in [0.3, 0.4) is 0 Å². The fraction of sp³-hybridized carbons (Fsp3) is 0.417. The van der Waals surface area contributed by atoms with Gasteiger partial charge in [0, 0.05) is 21.6 Å². The van der Waals surface area contributed by atoms with E-state index in [1.165, 1.54) is 20.5 Å². The Hall–Kier alpha value is -1.88. The second-order valence-electron chi connectivity index (χ2n) is 8.16. The standard InChI is InChI=1S/C24H28O3S/c1-14-8-19(13-25)27-22(9-14)21-12-18(15(2)16(3)24(21)26)11-20-10-17-6-4-5-7-23(17)28-20/h4-7,10,12,14,19,22,25-26H,8-9,11,13H2,1-3H3/t14-,19-,22+/m0/s1. The Morgan fingerprint density at radius 3 is 2.64 bits per heavy atom. The van der Waals surface area contributed by atoms with E-state index in [4.69, 9.17) is 4.74 Å². The lowest BCUT2D eigenvalue weighted by molar-refractivity contribution is -0.0907. The zero-order chi connectivity index (χ0) is 19.8. The zero-order valence-corrected chi connectivity index (χ0v) is 17.6. The van der Waals surface area contributed by atoms with Crippen molar-refractivity contribution in [2.45, 2.75) is 52.2 Å². The molecule has 2 N–H and O–H groups in total. The van der Waals surface area contributed by atoms with Gasteiger partial charge in [-0.1, -0.05) is 25.1 Å². The van der Waals surface area contributed by atoms with Crippen LogP contribution in [0.2, 0.25) is 0 Å². The lowest BCUT2D eigenvalue weighted by Gasteiger charge is -2.34. The Morgan fingerprint density at radius 1 is 1.11 bits per heavy atom. The Balaban J connectivity index is 1.70. The highest BCUT2D eigenvalue weighted by Gasteiger charge is 2.30. The first-order valence-electron chi connectivity index (χ1n) is 10.0. The molecule has 1 aliphatic rings. The van der Waals surface area contributed by atoms with Crippen LogP contribution in [0.25, 0.3) is 10.1 Å². The van der Waals surface area contributed by atoms with Gasteiger partial charge in [0.2, 0.25) is 0 Å². The van der Waals surface area contributed by atoms with Gasteiger partial charge in [-0.3, -0.25) is 0 Å². The van der Waals surface area contributed by atoms with E-state index in [1.807, 2.05) is 18.3 Å². The van der Waals surface area contributed by atoms with Crippen molar-refractivity contribution in [3.63, 3.8) is 0 Å². The molecule has 0 amide bonds. The number of rotatable bonds is 4. The molecule has 2 aromatic carbocycles. The van der Waals surface area contributed by atoms with Crippen molar-refractivity contribution in [2.75, 3.05) is 6.61 Å². The number of aliphatic hydroxyl groups excluding tert-OH is 1. The summed E-state index contributed by atoms with van der Waals surface area (Å²) < 4.78 is 7.42. The molecule has 1 saturated heterocycles. The van der Waals surface area contributed by atoms with E-state index in [1.54, 1.807) is 0 Å². The summed E-state index contributed by atoms with van der Waals surface area (Å²) in [5, 5.41) is 21.7. The summed E-state index contributed by atoms with van der Waals surface area (Å²) >= 11 is 1.83. The largest absolute Gasteiger partial charge is 0.507 e. The average Bonchev–Trinajstić information content (AvgIpc) is 3.10. The number of phenolic OH excluding ortho intramolecular Hbond substituents is 1. The summed E-state index contributed by atoms with van der Waals surface area (Å²) in [7, 11) is 0. The Morgan fingerprint density at radius 2 is 1.89 bits per heavy atom. The number of ether oxygens (including phenoxy) is 1. The lowest BCUT2D eigenvalue weighted by atomic mass is 9.87. The third kappa shape index (κ3) is 3.69. The van der Waals surface area contributed by atoms with Crippen molar-refractivity contribution < 1.29 is 14.9 Å². The Bertz CT molecular complexity index is 958. The Kier molecular flexibility index (Phi) is 5.46. The van der Waals surface area contributed by atoms with E-state index < -0.39 is 0 Å². The molecular formula is C24H28O3S. The number of phenols is 1. The van der Waals surface area contributed by atoms with Crippen molar-refractivity contribution in [1.29, 1.82) is 0 Å². The highest BCUT2D eigenvalue weighted by molar-refractivity contribution is 7.19. The van der Waals surface area contributed by atoms with E-state index in [-0.39, 0.29) is 18.8 Å². The molecule has 3 aromatic rings. The fourth-order valence-electron chi connectivity index (χ4n) is 4.31. The number of aliphatic hydroxyl groups is 1. The number of benzene rings is 2. The SMILES string of the molecule is Cc1c(Cc2cc3ccccc3s2)cc([C@H]2C[C@@H](C)C[C@@H](CO)O2)c(O)c1C. The van der Waals surface area contributed by atoms with E-state index in [0.717, 1.165) is 36.0 Å². The van der Waals surface area contributed by atoms with Gasteiger partial charge in [0.05, 0.1) is 18.8 Å². The van der Waals surface area contributed by atoms with Gasteiger partial charge in [-0.2, -0.15) is 0 Å². The van der Waals surface area contributed by atoms with Gasteiger partial charge >= 0.3 is 0 Å². The van der Waals surface area contributed by atoms with Crippen molar-refractivity contribution >= 4 is 21.4 Å². The molecule has 1 aromatic heterocycles. The van der Waals surface area contributed by atoms with E-state index >= 15 is 0 Å². The van der Waals surface area contributed by atoms with Gasteiger partial charge < -0.3 is 14.9 Å².